The molecule has 1 atom stereocenters. The molecular formula is C17H19N7O2. The number of aromatic nitrogens is 5. The summed E-state index contributed by atoms with van der Waals surface area (Å²) in [5, 5.41) is 4.21. The summed E-state index contributed by atoms with van der Waals surface area (Å²) in [6, 6.07) is 5.39. The summed E-state index contributed by atoms with van der Waals surface area (Å²) in [6.45, 7) is 1.40. The molecule has 0 aromatic carbocycles. The summed E-state index contributed by atoms with van der Waals surface area (Å²) in [5.74, 6) is 1.16. The van der Waals surface area contributed by atoms with E-state index in [1.165, 1.54) is 17.7 Å². The molecule has 0 spiro atoms. The summed E-state index contributed by atoms with van der Waals surface area (Å²) >= 11 is 0. The van der Waals surface area contributed by atoms with Crippen molar-refractivity contribution in [1.82, 2.24) is 24.1 Å². The molecule has 1 aliphatic rings. The van der Waals surface area contributed by atoms with E-state index in [1.54, 1.807) is 19.4 Å². The molecule has 1 N–H and O–H groups in total. The fourth-order valence-corrected chi connectivity index (χ4v) is 3.23. The van der Waals surface area contributed by atoms with Crippen molar-refractivity contribution in [2.24, 2.45) is 14.1 Å². The predicted octanol–water partition coefficient (Wildman–Crippen LogP) is 0.113. The van der Waals surface area contributed by atoms with Crippen LogP contribution in [0.15, 0.2) is 40.2 Å². The number of anilines is 2. The van der Waals surface area contributed by atoms with Crippen molar-refractivity contribution in [2.75, 3.05) is 23.3 Å². The predicted molar refractivity (Wildman–Crippen MR) is 98.5 cm³/mol. The molecule has 1 saturated heterocycles. The molecular weight excluding hydrogens is 334 g/mol. The Bertz CT molecular complexity index is 1090. The molecule has 1 fully saturated rings. The van der Waals surface area contributed by atoms with Gasteiger partial charge in [0.05, 0.1) is 0 Å². The van der Waals surface area contributed by atoms with Crippen molar-refractivity contribution in [3.63, 3.8) is 0 Å². The second-order valence-corrected chi connectivity index (χ2v) is 6.43. The van der Waals surface area contributed by atoms with E-state index >= 15 is 0 Å². The fraction of sp³-hybridized carbons (Fsp3) is 0.353. The molecule has 9 heteroatoms. The Kier molecular flexibility index (Phi) is 3.90. The van der Waals surface area contributed by atoms with Crippen LogP contribution in [0, 0.1) is 0 Å². The number of pyridine rings is 1. The first-order chi connectivity index (χ1) is 12.5. The highest BCUT2D eigenvalue weighted by atomic mass is 16.2. The zero-order valence-electron chi connectivity index (χ0n) is 14.6. The number of nitrogens with zero attached hydrogens (tertiary/aromatic N) is 6. The van der Waals surface area contributed by atoms with Crippen LogP contribution in [0.1, 0.15) is 6.42 Å². The number of rotatable bonds is 3. The van der Waals surface area contributed by atoms with Crippen molar-refractivity contribution in [3.8, 4) is 0 Å². The zero-order valence-corrected chi connectivity index (χ0v) is 14.6. The van der Waals surface area contributed by atoms with E-state index in [-0.39, 0.29) is 17.3 Å². The number of nitrogens with one attached hydrogen (secondary N) is 1. The van der Waals surface area contributed by atoms with Crippen LogP contribution in [0.5, 0.6) is 0 Å². The van der Waals surface area contributed by atoms with E-state index in [0.29, 0.717) is 24.0 Å². The number of hydrogen-bond donors (Lipinski definition) is 1. The van der Waals surface area contributed by atoms with E-state index < -0.39 is 0 Å². The van der Waals surface area contributed by atoms with Gasteiger partial charge in [-0.1, -0.05) is 0 Å². The minimum Gasteiger partial charge on any atom is -0.356 e. The van der Waals surface area contributed by atoms with Crippen LogP contribution in [-0.2, 0) is 14.1 Å². The monoisotopic (exact) mass is 353 g/mol. The molecule has 0 saturated carbocycles. The van der Waals surface area contributed by atoms with E-state index in [0.717, 1.165) is 22.9 Å². The van der Waals surface area contributed by atoms with E-state index in [2.05, 4.69) is 20.3 Å². The first-order valence-electron chi connectivity index (χ1n) is 8.39. The Morgan fingerprint density at radius 3 is 2.88 bits per heavy atom. The van der Waals surface area contributed by atoms with Crippen LogP contribution in [0.2, 0.25) is 0 Å². The highest BCUT2D eigenvalue weighted by Gasteiger charge is 2.25. The molecule has 4 heterocycles. The second kappa shape index (κ2) is 6.25. The first kappa shape index (κ1) is 16.2. The molecule has 0 unspecified atom stereocenters. The number of fused-ring (bicyclic) bond motifs is 1. The lowest BCUT2D eigenvalue weighted by molar-refractivity contribution is 0.672. The SMILES string of the molecule is Cn1c(N2CC[C@@H](Nc3ncc4cccnc4n3)C2)cc(=O)n(C)c1=O. The van der Waals surface area contributed by atoms with Gasteiger partial charge >= 0.3 is 5.69 Å². The molecule has 1 aliphatic heterocycles. The molecule has 0 radical (unpaired) electrons. The first-order valence-corrected chi connectivity index (χ1v) is 8.39. The van der Waals surface area contributed by atoms with Gasteiger partial charge in [-0.05, 0) is 18.6 Å². The van der Waals surface area contributed by atoms with Gasteiger partial charge in [-0.2, -0.15) is 4.98 Å². The quantitative estimate of drug-likeness (QED) is 0.714. The fourth-order valence-electron chi connectivity index (χ4n) is 3.23. The molecule has 134 valence electrons. The summed E-state index contributed by atoms with van der Waals surface area (Å²) in [7, 11) is 3.16. The summed E-state index contributed by atoms with van der Waals surface area (Å²) in [5.41, 5.74) is 0.0186. The zero-order chi connectivity index (χ0) is 18.3. The molecule has 9 nitrogen and oxygen atoms in total. The third-order valence-electron chi connectivity index (χ3n) is 4.70. The smallest absolute Gasteiger partial charge is 0.332 e. The Balaban J connectivity index is 1.53. The molecule has 4 rings (SSSR count). The third-order valence-corrected chi connectivity index (χ3v) is 4.70. The largest absolute Gasteiger partial charge is 0.356 e. The molecule has 3 aromatic rings. The van der Waals surface area contributed by atoms with Crippen molar-refractivity contribution >= 4 is 22.8 Å². The Hall–Kier alpha value is -3.23. The minimum absolute atomic E-state index is 0.121. The molecule has 0 aliphatic carbocycles. The minimum atomic E-state index is -0.326. The normalized spacial score (nSPS) is 17.0. The molecule has 0 bridgehead atoms. The maximum atomic E-state index is 12.1. The standard InChI is InChI=1S/C17H19N7O2/c1-22-13(8-14(25)23(2)17(22)26)24-7-5-12(10-24)20-16-19-9-11-4-3-6-18-15(11)21-16/h3-4,6,8-9,12H,5,7,10H2,1-2H3,(H,18,19,20,21)/t12-/m1/s1. The molecule has 0 amide bonds. The number of hydrogen-bond acceptors (Lipinski definition) is 7. The lowest BCUT2D eigenvalue weighted by Gasteiger charge is -2.21. The van der Waals surface area contributed by atoms with Crippen LogP contribution in [0.4, 0.5) is 11.8 Å². The second-order valence-electron chi connectivity index (χ2n) is 6.43. The highest BCUT2D eigenvalue weighted by Crippen LogP contribution is 2.19. The summed E-state index contributed by atoms with van der Waals surface area (Å²) in [4.78, 5) is 39.1. The summed E-state index contributed by atoms with van der Waals surface area (Å²) in [6.07, 6.45) is 4.30. The Labute approximate surface area is 149 Å². The molecule has 26 heavy (non-hydrogen) atoms. The van der Waals surface area contributed by atoms with E-state index in [9.17, 15) is 9.59 Å². The topological polar surface area (TPSA) is 97.9 Å². The van der Waals surface area contributed by atoms with E-state index in [1.807, 2.05) is 17.0 Å². The Morgan fingerprint density at radius 2 is 2.04 bits per heavy atom. The lowest BCUT2D eigenvalue weighted by Crippen LogP contribution is -2.40. The van der Waals surface area contributed by atoms with Gasteiger partial charge in [0, 0.05) is 57.1 Å². The summed E-state index contributed by atoms with van der Waals surface area (Å²) < 4.78 is 2.60. The average Bonchev–Trinajstić information content (AvgIpc) is 3.11. The van der Waals surface area contributed by atoms with E-state index in [4.69, 9.17) is 0 Å². The van der Waals surface area contributed by atoms with Crippen molar-refractivity contribution < 1.29 is 0 Å². The van der Waals surface area contributed by atoms with Crippen LogP contribution in [0.3, 0.4) is 0 Å². The van der Waals surface area contributed by atoms with Crippen LogP contribution >= 0.6 is 0 Å². The van der Waals surface area contributed by atoms with Crippen molar-refractivity contribution in [3.05, 3.63) is 51.4 Å². The van der Waals surface area contributed by atoms with Crippen LogP contribution in [-0.4, -0.2) is 43.2 Å². The highest BCUT2D eigenvalue weighted by molar-refractivity contribution is 5.74. The lowest BCUT2D eigenvalue weighted by atomic mass is 10.3. The maximum Gasteiger partial charge on any atom is 0.332 e. The van der Waals surface area contributed by atoms with Gasteiger partial charge in [-0.15, -0.1) is 0 Å². The van der Waals surface area contributed by atoms with Gasteiger partial charge in [0.2, 0.25) is 5.95 Å². The van der Waals surface area contributed by atoms with Crippen molar-refractivity contribution in [2.45, 2.75) is 12.5 Å². The van der Waals surface area contributed by atoms with Gasteiger partial charge in [0.1, 0.15) is 5.82 Å². The Morgan fingerprint density at radius 1 is 1.19 bits per heavy atom. The van der Waals surface area contributed by atoms with Gasteiger partial charge < -0.3 is 10.2 Å². The van der Waals surface area contributed by atoms with Crippen LogP contribution < -0.4 is 21.5 Å². The van der Waals surface area contributed by atoms with Gasteiger partial charge in [-0.3, -0.25) is 13.9 Å². The average molecular weight is 353 g/mol. The maximum absolute atomic E-state index is 12.1. The van der Waals surface area contributed by atoms with Crippen LogP contribution in [0.25, 0.3) is 11.0 Å². The van der Waals surface area contributed by atoms with Gasteiger partial charge in [-0.25, -0.2) is 14.8 Å². The van der Waals surface area contributed by atoms with Gasteiger partial charge in [0.15, 0.2) is 5.65 Å². The third kappa shape index (κ3) is 2.81. The molecule has 3 aromatic heterocycles. The van der Waals surface area contributed by atoms with Crippen molar-refractivity contribution in [1.29, 1.82) is 0 Å². The van der Waals surface area contributed by atoms with Gasteiger partial charge in [0.25, 0.3) is 5.56 Å².